The Morgan fingerprint density at radius 2 is 1.80 bits per heavy atom. The molecule has 0 bridgehead atoms. The third kappa shape index (κ3) is 5.08. The van der Waals surface area contributed by atoms with Crippen molar-refractivity contribution in [1.82, 2.24) is 5.32 Å². The van der Waals surface area contributed by atoms with Crippen LogP contribution in [0, 0.1) is 0 Å². The molecule has 0 heterocycles. The average molecular weight is 290 g/mol. The van der Waals surface area contributed by atoms with Crippen LogP contribution in [0.2, 0.25) is 0 Å². The van der Waals surface area contributed by atoms with Crippen molar-refractivity contribution in [2.45, 2.75) is 32.0 Å². The second-order valence-electron chi connectivity index (χ2n) is 4.73. The first kappa shape index (κ1) is 16.3. The van der Waals surface area contributed by atoms with Crippen LogP contribution in [-0.4, -0.2) is 23.3 Å². The molecule has 4 nitrogen and oxygen atoms in total. The fourth-order valence-corrected chi connectivity index (χ4v) is 1.31. The van der Waals surface area contributed by atoms with Crippen molar-refractivity contribution in [2.75, 3.05) is 11.9 Å². The number of carbonyl (C=O) groups excluding carboxylic acids is 1. The summed E-state index contributed by atoms with van der Waals surface area (Å²) in [5, 5.41) is 14.5. The third-order valence-corrected chi connectivity index (χ3v) is 2.86. The van der Waals surface area contributed by atoms with Gasteiger partial charge in [-0.3, -0.25) is 0 Å². The van der Waals surface area contributed by atoms with E-state index in [1.807, 2.05) is 0 Å². The van der Waals surface area contributed by atoms with Crippen molar-refractivity contribution < 1.29 is 23.1 Å². The molecule has 0 saturated heterocycles. The topological polar surface area (TPSA) is 61.4 Å². The van der Waals surface area contributed by atoms with Gasteiger partial charge in [-0.25, -0.2) is 4.79 Å². The molecule has 0 aliphatic carbocycles. The van der Waals surface area contributed by atoms with Gasteiger partial charge in [0.1, 0.15) is 0 Å². The number of amides is 2. The second kappa shape index (κ2) is 6.13. The summed E-state index contributed by atoms with van der Waals surface area (Å²) in [6.45, 7) is 3.40. The van der Waals surface area contributed by atoms with Gasteiger partial charge in [-0.2, -0.15) is 13.2 Å². The van der Waals surface area contributed by atoms with E-state index in [-0.39, 0.29) is 12.2 Å². The molecule has 0 fully saturated rings. The number of alkyl halides is 3. The predicted octanol–water partition coefficient (Wildman–Crippen LogP) is 2.99. The molecule has 112 valence electrons. The van der Waals surface area contributed by atoms with E-state index in [2.05, 4.69) is 10.6 Å². The molecular weight excluding hydrogens is 273 g/mol. The first-order chi connectivity index (χ1) is 9.14. The molecule has 2 amide bonds. The first-order valence-electron chi connectivity index (χ1n) is 6.08. The number of urea groups is 1. The zero-order valence-electron chi connectivity index (χ0n) is 11.2. The number of hydrogen-bond donors (Lipinski definition) is 3. The summed E-state index contributed by atoms with van der Waals surface area (Å²) in [5.41, 5.74) is -1.55. The smallest absolute Gasteiger partial charge is 0.388 e. The lowest BCUT2D eigenvalue weighted by Crippen LogP contribution is -2.41. The molecule has 20 heavy (non-hydrogen) atoms. The van der Waals surface area contributed by atoms with Crippen molar-refractivity contribution in [1.29, 1.82) is 0 Å². The van der Waals surface area contributed by atoms with Crippen LogP contribution in [-0.2, 0) is 6.18 Å². The molecule has 1 rings (SSSR count). The summed E-state index contributed by atoms with van der Waals surface area (Å²) in [7, 11) is 0. The maximum absolute atomic E-state index is 12.3. The molecule has 1 unspecified atom stereocenters. The van der Waals surface area contributed by atoms with Gasteiger partial charge in [-0.15, -0.1) is 0 Å². The Balaban J connectivity index is 2.55. The van der Waals surface area contributed by atoms with Gasteiger partial charge < -0.3 is 15.7 Å². The van der Waals surface area contributed by atoms with E-state index in [0.717, 1.165) is 12.1 Å². The molecular formula is C13H17F3N2O2. The molecule has 0 aromatic heterocycles. The number of benzene rings is 1. The summed E-state index contributed by atoms with van der Waals surface area (Å²) < 4.78 is 37.0. The highest BCUT2D eigenvalue weighted by molar-refractivity contribution is 5.89. The molecule has 0 aliphatic heterocycles. The van der Waals surface area contributed by atoms with Crippen molar-refractivity contribution in [3.8, 4) is 0 Å². The summed E-state index contributed by atoms with van der Waals surface area (Å²) in [5.74, 6) is 0. The third-order valence-electron chi connectivity index (χ3n) is 2.86. The Kier molecular flexibility index (Phi) is 4.99. The second-order valence-corrected chi connectivity index (χ2v) is 4.73. The Morgan fingerprint density at radius 1 is 1.25 bits per heavy atom. The van der Waals surface area contributed by atoms with E-state index < -0.39 is 23.4 Å². The van der Waals surface area contributed by atoms with E-state index in [1.54, 1.807) is 13.8 Å². The highest BCUT2D eigenvalue weighted by Gasteiger charge is 2.30. The van der Waals surface area contributed by atoms with Gasteiger partial charge in [0.25, 0.3) is 0 Å². The van der Waals surface area contributed by atoms with Gasteiger partial charge in [-0.05, 0) is 37.6 Å². The van der Waals surface area contributed by atoms with Crippen molar-refractivity contribution in [3.05, 3.63) is 29.8 Å². The fraction of sp³-hybridized carbons (Fsp3) is 0.462. The number of halogens is 3. The van der Waals surface area contributed by atoms with Crippen LogP contribution < -0.4 is 10.6 Å². The van der Waals surface area contributed by atoms with E-state index in [4.69, 9.17) is 0 Å². The Bertz CT molecular complexity index is 456. The largest absolute Gasteiger partial charge is 0.416 e. The van der Waals surface area contributed by atoms with Gasteiger partial charge in [0.05, 0.1) is 11.2 Å². The quantitative estimate of drug-likeness (QED) is 0.798. The molecule has 0 aliphatic rings. The van der Waals surface area contributed by atoms with Crippen LogP contribution in [0.5, 0.6) is 0 Å². The molecule has 3 N–H and O–H groups in total. The fourth-order valence-electron chi connectivity index (χ4n) is 1.31. The van der Waals surface area contributed by atoms with E-state index in [1.165, 1.54) is 12.1 Å². The van der Waals surface area contributed by atoms with Crippen molar-refractivity contribution in [2.24, 2.45) is 0 Å². The van der Waals surface area contributed by atoms with Crippen LogP contribution in [0.25, 0.3) is 0 Å². The number of carbonyl (C=O) groups is 1. The minimum absolute atomic E-state index is 0.0516. The lowest BCUT2D eigenvalue weighted by atomic mass is 10.0. The zero-order valence-corrected chi connectivity index (χ0v) is 11.2. The summed E-state index contributed by atoms with van der Waals surface area (Å²) >= 11 is 0. The first-order valence-corrected chi connectivity index (χ1v) is 6.08. The minimum Gasteiger partial charge on any atom is -0.388 e. The zero-order chi connectivity index (χ0) is 15.4. The normalized spacial score (nSPS) is 14.5. The number of nitrogens with one attached hydrogen (secondary N) is 2. The summed E-state index contributed by atoms with van der Waals surface area (Å²) in [4.78, 5) is 11.5. The highest BCUT2D eigenvalue weighted by Crippen LogP contribution is 2.29. The van der Waals surface area contributed by atoms with Crippen molar-refractivity contribution >= 4 is 11.7 Å². The van der Waals surface area contributed by atoms with Gasteiger partial charge in [0, 0.05) is 12.2 Å². The predicted molar refractivity (Wildman–Crippen MR) is 69.4 cm³/mol. The number of rotatable bonds is 4. The van der Waals surface area contributed by atoms with Crippen LogP contribution >= 0.6 is 0 Å². The number of hydrogen-bond acceptors (Lipinski definition) is 2. The molecule has 1 atom stereocenters. The monoisotopic (exact) mass is 290 g/mol. The minimum atomic E-state index is -4.40. The highest BCUT2D eigenvalue weighted by atomic mass is 19.4. The average Bonchev–Trinajstić information content (AvgIpc) is 2.36. The van der Waals surface area contributed by atoms with Crippen molar-refractivity contribution in [3.63, 3.8) is 0 Å². The van der Waals surface area contributed by atoms with Crippen LogP contribution in [0.1, 0.15) is 25.8 Å². The van der Waals surface area contributed by atoms with Gasteiger partial charge >= 0.3 is 12.2 Å². The maximum Gasteiger partial charge on any atom is 0.416 e. The molecule has 0 spiro atoms. The Labute approximate surface area is 115 Å². The molecule has 1 aromatic carbocycles. The van der Waals surface area contributed by atoms with Gasteiger partial charge in [0.2, 0.25) is 0 Å². The van der Waals surface area contributed by atoms with Gasteiger partial charge in [-0.1, -0.05) is 6.92 Å². The maximum atomic E-state index is 12.3. The van der Waals surface area contributed by atoms with Gasteiger partial charge in [0.15, 0.2) is 0 Å². The molecule has 1 aromatic rings. The summed E-state index contributed by atoms with van der Waals surface area (Å²) in [6, 6.07) is 3.52. The summed E-state index contributed by atoms with van der Waals surface area (Å²) in [6.07, 6.45) is -3.94. The van der Waals surface area contributed by atoms with E-state index in [9.17, 15) is 23.1 Å². The Morgan fingerprint density at radius 3 is 2.25 bits per heavy atom. The van der Waals surface area contributed by atoms with E-state index in [0.29, 0.717) is 6.42 Å². The molecule has 0 radical (unpaired) electrons. The number of aliphatic hydroxyl groups is 1. The molecule has 7 heteroatoms. The standard InChI is InChI=1S/C13H17F3N2O2/c1-3-12(2,20)8-17-11(19)18-10-6-4-9(5-7-10)13(14,15)16/h4-7,20H,3,8H2,1-2H3,(H2,17,18,19). The Hall–Kier alpha value is -1.76. The van der Waals surface area contributed by atoms with Crippen LogP contribution in [0.4, 0.5) is 23.7 Å². The lowest BCUT2D eigenvalue weighted by molar-refractivity contribution is -0.137. The van der Waals surface area contributed by atoms with Crippen LogP contribution in [0.15, 0.2) is 24.3 Å². The van der Waals surface area contributed by atoms with E-state index >= 15 is 0 Å². The molecule has 0 saturated carbocycles. The lowest BCUT2D eigenvalue weighted by Gasteiger charge is -2.21. The number of anilines is 1. The van der Waals surface area contributed by atoms with Crippen LogP contribution in [0.3, 0.4) is 0 Å². The SMILES string of the molecule is CCC(C)(O)CNC(=O)Nc1ccc(C(F)(F)F)cc1.